The van der Waals surface area contributed by atoms with Gasteiger partial charge in [-0.25, -0.2) is 9.37 Å². The summed E-state index contributed by atoms with van der Waals surface area (Å²) in [6, 6.07) is 16.1. The third-order valence-corrected chi connectivity index (χ3v) is 4.26. The zero-order valence-corrected chi connectivity index (χ0v) is 14.0. The molecule has 0 unspecified atom stereocenters. The molecular weight excluding hydrogens is 317 g/mol. The maximum absolute atomic E-state index is 14.3. The van der Waals surface area contributed by atoms with Gasteiger partial charge in [0.05, 0.1) is 18.6 Å². The van der Waals surface area contributed by atoms with E-state index in [-0.39, 0.29) is 24.1 Å². The molecule has 0 aliphatic heterocycles. The summed E-state index contributed by atoms with van der Waals surface area (Å²) >= 11 is 0. The smallest absolute Gasteiger partial charge is 0.221 e. The molecule has 0 spiro atoms. The SMILES string of the molecule is Cc1[nH]cnc1CNC(=O)C[C@@H](c1ccccc1)c1ccccc1F. The van der Waals surface area contributed by atoms with Gasteiger partial charge in [-0.1, -0.05) is 48.5 Å². The van der Waals surface area contributed by atoms with Crippen LogP contribution in [0.25, 0.3) is 0 Å². The zero-order valence-electron chi connectivity index (χ0n) is 14.0. The molecule has 1 amide bonds. The van der Waals surface area contributed by atoms with Crippen molar-refractivity contribution in [3.05, 3.63) is 89.3 Å². The first-order valence-electron chi connectivity index (χ1n) is 8.20. The van der Waals surface area contributed by atoms with E-state index in [4.69, 9.17) is 0 Å². The number of nitrogens with one attached hydrogen (secondary N) is 2. The van der Waals surface area contributed by atoms with Crippen molar-refractivity contribution >= 4 is 5.91 Å². The topological polar surface area (TPSA) is 57.8 Å². The highest BCUT2D eigenvalue weighted by Gasteiger charge is 2.21. The molecule has 3 aromatic rings. The number of H-pyrrole nitrogens is 1. The molecule has 5 heteroatoms. The minimum absolute atomic E-state index is 0.139. The van der Waals surface area contributed by atoms with E-state index >= 15 is 0 Å². The normalized spacial score (nSPS) is 11.9. The average Bonchev–Trinajstić information content (AvgIpc) is 3.04. The van der Waals surface area contributed by atoms with Crippen LogP contribution in [-0.4, -0.2) is 15.9 Å². The van der Waals surface area contributed by atoms with Gasteiger partial charge in [0.2, 0.25) is 5.91 Å². The van der Waals surface area contributed by atoms with Crippen LogP contribution in [0, 0.1) is 12.7 Å². The van der Waals surface area contributed by atoms with Crippen LogP contribution in [0.2, 0.25) is 0 Å². The largest absolute Gasteiger partial charge is 0.350 e. The maximum atomic E-state index is 14.3. The van der Waals surface area contributed by atoms with E-state index in [0.717, 1.165) is 17.0 Å². The highest BCUT2D eigenvalue weighted by molar-refractivity contribution is 5.77. The predicted molar refractivity (Wildman–Crippen MR) is 94.5 cm³/mol. The molecule has 0 saturated carbocycles. The van der Waals surface area contributed by atoms with Crippen LogP contribution < -0.4 is 5.32 Å². The van der Waals surface area contributed by atoms with Crippen LogP contribution in [0.1, 0.15) is 34.9 Å². The number of carbonyl (C=O) groups excluding carboxylic acids is 1. The van der Waals surface area contributed by atoms with Gasteiger partial charge in [-0.05, 0) is 24.1 Å². The van der Waals surface area contributed by atoms with Crippen molar-refractivity contribution in [1.82, 2.24) is 15.3 Å². The van der Waals surface area contributed by atoms with Crippen LogP contribution in [0.5, 0.6) is 0 Å². The number of halogens is 1. The van der Waals surface area contributed by atoms with Gasteiger partial charge in [0, 0.05) is 18.0 Å². The summed E-state index contributed by atoms with van der Waals surface area (Å²) < 4.78 is 14.3. The second kappa shape index (κ2) is 7.75. The fraction of sp³-hybridized carbons (Fsp3) is 0.200. The summed E-state index contributed by atoms with van der Waals surface area (Å²) in [6.07, 6.45) is 1.78. The maximum Gasteiger partial charge on any atom is 0.221 e. The van der Waals surface area contributed by atoms with Gasteiger partial charge in [-0.3, -0.25) is 4.79 Å². The molecule has 4 nitrogen and oxygen atoms in total. The van der Waals surface area contributed by atoms with Crippen molar-refractivity contribution in [2.75, 3.05) is 0 Å². The minimum Gasteiger partial charge on any atom is -0.350 e. The molecule has 0 radical (unpaired) electrons. The van der Waals surface area contributed by atoms with Crippen LogP contribution in [0.15, 0.2) is 60.9 Å². The standard InChI is InChI=1S/C20H20FN3O/c1-14-19(24-13-23-14)12-22-20(25)11-17(15-7-3-2-4-8-15)16-9-5-6-10-18(16)21/h2-10,13,17H,11-12H2,1H3,(H,22,25)(H,23,24)/t17-/m0/s1. The molecule has 1 atom stereocenters. The van der Waals surface area contributed by atoms with Gasteiger partial charge < -0.3 is 10.3 Å². The number of aromatic amines is 1. The van der Waals surface area contributed by atoms with E-state index in [1.165, 1.54) is 6.07 Å². The number of aryl methyl sites for hydroxylation is 1. The Morgan fingerprint density at radius 1 is 1.16 bits per heavy atom. The number of amides is 1. The van der Waals surface area contributed by atoms with Crippen molar-refractivity contribution in [3.8, 4) is 0 Å². The van der Waals surface area contributed by atoms with Crippen molar-refractivity contribution in [2.24, 2.45) is 0 Å². The summed E-state index contributed by atoms with van der Waals surface area (Å²) in [7, 11) is 0. The molecule has 128 valence electrons. The number of aromatic nitrogens is 2. The number of benzene rings is 2. The molecule has 0 aliphatic rings. The second-order valence-electron chi connectivity index (χ2n) is 5.94. The Bertz CT molecular complexity index is 845. The third kappa shape index (κ3) is 4.12. The quantitative estimate of drug-likeness (QED) is 0.721. The van der Waals surface area contributed by atoms with E-state index < -0.39 is 0 Å². The monoisotopic (exact) mass is 337 g/mol. The fourth-order valence-corrected chi connectivity index (χ4v) is 2.86. The Morgan fingerprint density at radius 2 is 1.88 bits per heavy atom. The molecule has 0 bridgehead atoms. The number of carbonyl (C=O) groups is 1. The fourth-order valence-electron chi connectivity index (χ4n) is 2.86. The van der Waals surface area contributed by atoms with Crippen molar-refractivity contribution < 1.29 is 9.18 Å². The van der Waals surface area contributed by atoms with E-state index in [9.17, 15) is 9.18 Å². The molecule has 0 aliphatic carbocycles. The first-order valence-corrected chi connectivity index (χ1v) is 8.20. The Labute approximate surface area is 146 Å². The Kier molecular flexibility index (Phi) is 5.23. The number of hydrogen-bond donors (Lipinski definition) is 2. The van der Waals surface area contributed by atoms with Crippen LogP contribution in [0.3, 0.4) is 0 Å². The summed E-state index contributed by atoms with van der Waals surface area (Å²) in [5.74, 6) is -0.769. The highest BCUT2D eigenvalue weighted by Crippen LogP contribution is 2.29. The Balaban J connectivity index is 1.77. The number of imidazole rings is 1. The molecule has 1 aromatic heterocycles. The molecule has 3 rings (SSSR count). The molecule has 0 fully saturated rings. The van der Waals surface area contributed by atoms with Gasteiger partial charge in [-0.2, -0.15) is 0 Å². The molecular formula is C20H20FN3O. The van der Waals surface area contributed by atoms with Crippen LogP contribution in [0.4, 0.5) is 4.39 Å². The highest BCUT2D eigenvalue weighted by atomic mass is 19.1. The lowest BCUT2D eigenvalue weighted by Gasteiger charge is -2.18. The minimum atomic E-state index is -0.331. The van der Waals surface area contributed by atoms with Crippen molar-refractivity contribution in [3.63, 3.8) is 0 Å². The second-order valence-corrected chi connectivity index (χ2v) is 5.94. The van der Waals surface area contributed by atoms with Crippen molar-refractivity contribution in [2.45, 2.75) is 25.8 Å². The summed E-state index contributed by atoms with van der Waals surface area (Å²) in [5, 5.41) is 2.87. The zero-order chi connectivity index (χ0) is 17.6. The molecule has 1 heterocycles. The van der Waals surface area contributed by atoms with Gasteiger partial charge >= 0.3 is 0 Å². The van der Waals surface area contributed by atoms with Crippen LogP contribution >= 0.6 is 0 Å². The molecule has 2 N–H and O–H groups in total. The van der Waals surface area contributed by atoms with Crippen LogP contribution in [-0.2, 0) is 11.3 Å². The molecule has 0 saturated heterocycles. The van der Waals surface area contributed by atoms with E-state index in [1.807, 2.05) is 37.3 Å². The van der Waals surface area contributed by atoms with E-state index in [0.29, 0.717) is 12.1 Å². The predicted octanol–water partition coefficient (Wildman–Crippen LogP) is 3.70. The number of nitrogens with zero attached hydrogens (tertiary/aromatic N) is 1. The first-order chi connectivity index (χ1) is 12.1. The lowest BCUT2D eigenvalue weighted by Crippen LogP contribution is -2.25. The summed E-state index contributed by atoms with van der Waals surface area (Å²) in [4.78, 5) is 19.6. The summed E-state index contributed by atoms with van der Waals surface area (Å²) in [6.45, 7) is 2.26. The van der Waals surface area contributed by atoms with Gasteiger partial charge in [0.1, 0.15) is 5.82 Å². The number of rotatable bonds is 6. The van der Waals surface area contributed by atoms with Crippen molar-refractivity contribution in [1.29, 1.82) is 0 Å². The summed E-state index contributed by atoms with van der Waals surface area (Å²) in [5.41, 5.74) is 3.17. The first kappa shape index (κ1) is 16.9. The third-order valence-electron chi connectivity index (χ3n) is 4.26. The average molecular weight is 337 g/mol. The Hall–Kier alpha value is -2.95. The molecule has 2 aromatic carbocycles. The van der Waals surface area contributed by atoms with Gasteiger partial charge in [-0.15, -0.1) is 0 Å². The van der Waals surface area contributed by atoms with E-state index in [1.54, 1.807) is 24.5 Å². The van der Waals surface area contributed by atoms with E-state index in [2.05, 4.69) is 15.3 Å². The lowest BCUT2D eigenvalue weighted by molar-refractivity contribution is -0.121. The molecule has 25 heavy (non-hydrogen) atoms. The number of hydrogen-bond acceptors (Lipinski definition) is 2. The van der Waals surface area contributed by atoms with Gasteiger partial charge in [0.25, 0.3) is 0 Å². The van der Waals surface area contributed by atoms with Gasteiger partial charge in [0.15, 0.2) is 0 Å². The Morgan fingerprint density at radius 3 is 2.56 bits per heavy atom. The lowest BCUT2D eigenvalue weighted by atomic mass is 9.88.